The van der Waals surface area contributed by atoms with Crippen LogP contribution in [-0.4, -0.2) is 202 Å². The maximum absolute atomic E-state index is 16.7. The lowest BCUT2D eigenvalue weighted by atomic mass is 10.0. The van der Waals surface area contributed by atoms with E-state index in [0.29, 0.717) is 11.3 Å². The number of benzene rings is 1. The number of aromatic nitrogens is 8. The van der Waals surface area contributed by atoms with Crippen molar-refractivity contribution in [3.8, 4) is 0 Å². The number of amides is 9. The van der Waals surface area contributed by atoms with Gasteiger partial charge in [-0.15, -0.1) is 0 Å². The molecule has 0 saturated carbocycles. The molecule has 3 saturated heterocycles. The minimum absolute atomic E-state index is 0.000679. The molecule has 3 fully saturated rings. The smallest absolute Gasteiger partial charge is 0.412 e. The van der Waals surface area contributed by atoms with Gasteiger partial charge in [0.05, 0.1) is 44.7 Å². The Labute approximate surface area is 519 Å². The van der Waals surface area contributed by atoms with Crippen molar-refractivity contribution in [2.45, 2.75) is 94.9 Å². The van der Waals surface area contributed by atoms with Crippen LogP contribution in [0.2, 0.25) is 0 Å². The first kappa shape index (κ1) is 67.1. The zero-order chi connectivity index (χ0) is 65.5. The quantitative estimate of drug-likeness (QED) is 0.0284. The fourth-order valence-corrected chi connectivity index (χ4v) is 12.8. The first-order chi connectivity index (χ1) is 43.3. The van der Waals surface area contributed by atoms with Gasteiger partial charge >= 0.3 is 32.5 Å². The molecule has 5 aromatic rings. The number of likely N-dealkylation sites (N-methyl/N-ethyl adjacent to an activating group) is 1. The maximum atomic E-state index is 16.7. The molecule has 0 radical (unpaired) electrons. The SMILES string of the molecule is CC(C)[C@H](NC(=O)CCN1C(=O)C=CC1=O)C(=O)N[C@@H](CCCNC(N)=O)C(=O)Nc1ccc(COC(=O)N(C)CCOC(=O)Nc2ncnc3c2ncn3[C@@H]2O[C@@H]3COP(O)(=S)O[C@H]4[C@@H](F)[C@H](n5cnc6c(N)ncnc65)O[C@@H]4COP(=O)(O)C[C@H]3[C@H]2F)cc1. The number of nitrogen functional groups attached to an aromatic ring is 1. The number of urea groups is 1. The minimum atomic E-state index is -4.77. The zero-order valence-electron chi connectivity index (χ0n) is 48.5. The van der Waals surface area contributed by atoms with E-state index in [4.69, 9.17) is 55.8 Å². The van der Waals surface area contributed by atoms with Crippen LogP contribution in [0.15, 0.2) is 61.7 Å². The van der Waals surface area contributed by atoms with Crippen molar-refractivity contribution in [2.75, 3.05) is 69.0 Å². The largest absolute Gasteiger partial charge is 0.447 e. The molecule has 4 aromatic heterocycles. The molecule has 35 nitrogen and oxygen atoms in total. The summed E-state index contributed by atoms with van der Waals surface area (Å²) in [5, 5.41) is 12.8. The summed E-state index contributed by atoms with van der Waals surface area (Å²) in [5.74, 6) is -5.19. The van der Waals surface area contributed by atoms with E-state index in [1.807, 2.05) is 0 Å². The molecule has 9 rings (SSSR count). The summed E-state index contributed by atoms with van der Waals surface area (Å²) in [6.07, 6.45) is -8.05. The Kier molecular flexibility index (Phi) is 21.3. The van der Waals surface area contributed by atoms with Gasteiger partial charge in [0.1, 0.15) is 55.7 Å². The summed E-state index contributed by atoms with van der Waals surface area (Å²) in [7, 11) is -3.38. The van der Waals surface area contributed by atoms with Crippen molar-refractivity contribution >= 4 is 114 Å². The summed E-state index contributed by atoms with van der Waals surface area (Å²) in [4.78, 5) is 150. The van der Waals surface area contributed by atoms with Gasteiger partial charge in [-0.1, -0.05) is 26.0 Å². The molecule has 12 atom stereocenters. The number of primary amides is 1. The number of halogens is 2. The highest BCUT2D eigenvalue weighted by Gasteiger charge is 2.54. The fourth-order valence-electron chi connectivity index (χ4n) is 9.96. The van der Waals surface area contributed by atoms with Crippen molar-refractivity contribution in [2.24, 2.45) is 17.6 Å². The monoisotopic (exact) mass is 1330 g/mol. The lowest BCUT2D eigenvalue weighted by Gasteiger charge is -2.28. The van der Waals surface area contributed by atoms with Gasteiger partial charge in [-0.25, -0.2) is 53.1 Å². The highest BCUT2D eigenvalue weighted by Crippen LogP contribution is 2.55. The minimum Gasteiger partial charge on any atom is -0.447 e. The molecule has 490 valence electrons. The summed E-state index contributed by atoms with van der Waals surface area (Å²) in [5.41, 5.74) is 11.9. The summed E-state index contributed by atoms with van der Waals surface area (Å²) in [6, 6.07) is 3.09. The highest BCUT2D eigenvalue weighted by atomic mass is 32.5. The number of carbonyl (C=O) groups excluding carboxylic acids is 8. The number of alkyl halides is 2. The van der Waals surface area contributed by atoms with E-state index >= 15 is 8.78 Å². The number of hydrogen-bond acceptors (Lipinski definition) is 24. The van der Waals surface area contributed by atoms with Crippen molar-refractivity contribution in [3.05, 3.63) is 67.3 Å². The molecule has 0 bridgehead atoms. The predicted molar refractivity (Wildman–Crippen MR) is 313 cm³/mol. The van der Waals surface area contributed by atoms with Crippen LogP contribution >= 0.6 is 14.3 Å². The molecule has 2 unspecified atom stereocenters. The van der Waals surface area contributed by atoms with Gasteiger partial charge in [-0.05, 0) is 48.3 Å². The topological polar surface area (TPSA) is 465 Å². The Hall–Kier alpha value is -8.32. The van der Waals surface area contributed by atoms with Gasteiger partial charge < -0.3 is 75.4 Å². The Balaban J connectivity index is 0.738. The van der Waals surface area contributed by atoms with Crippen LogP contribution in [0.5, 0.6) is 0 Å². The number of ether oxygens (including phenoxy) is 4. The molecule has 8 heterocycles. The first-order valence-corrected chi connectivity index (χ1v) is 32.3. The first-order valence-electron chi connectivity index (χ1n) is 28.0. The van der Waals surface area contributed by atoms with Crippen LogP contribution in [0.3, 0.4) is 0 Å². The number of nitrogens with two attached hydrogens (primary N) is 2. The van der Waals surface area contributed by atoms with Crippen LogP contribution in [0, 0.1) is 11.8 Å². The molecule has 91 heavy (non-hydrogen) atoms. The molecule has 0 aliphatic carbocycles. The van der Waals surface area contributed by atoms with Gasteiger partial charge in [0.15, 0.2) is 53.2 Å². The third kappa shape index (κ3) is 16.4. The van der Waals surface area contributed by atoms with Crippen LogP contribution < -0.4 is 38.1 Å². The standard InChI is InChI=1S/C51H63F2N17O18P2S/c1-25(2)37(65-32(71)12-14-68-33(72)10-11-34(68)73)46(75)64-29(5-4-13-56-49(55)76)45(74)63-27-8-6-26(7-9-27)17-83-51(78)67(3)15-16-82-50(77)66-42-39-44(60-22-58-42)70(24-62-39)47-35(52)28-20-89(79,80)84-19-31-40(88-90(81,91)85-18-30(28)86-47)36(53)48(87-31)69-23-61-38-41(54)57-21-59-43(38)69/h6-11,21-25,28-31,35-37,40,47-48H,4-5,12-20H2,1-3H3,(H,63,74)(H,64,75)(H,65,71)(H,79,80)(H,81,91)(H2,54,57,59)(H3,55,56,76)(H,58,60,66,77)/t28-,29+,30-,31-,35-,36-,37+,40-,47-,48-,90?/m1/s1. The normalized spacial score (nSPS) is 25.6. The van der Waals surface area contributed by atoms with Gasteiger partial charge in [-0.2, -0.15) is 0 Å². The number of anilines is 3. The Morgan fingerprint density at radius 1 is 0.846 bits per heavy atom. The number of nitrogens with zero attached hydrogens (tertiary/aromatic N) is 10. The molecular weight excluding hydrogens is 1270 g/mol. The van der Waals surface area contributed by atoms with Crippen LogP contribution in [0.1, 0.15) is 51.1 Å². The van der Waals surface area contributed by atoms with Crippen LogP contribution in [-0.2, 0) is 79.5 Å². The highest BCUT2D eigenvalue weighted by molar-refractivity contribution is 8.07. The number of carbonyl (C=O) groups is 8. The van der Waals surface area contributed by atoms with Crippen molar-refractivity contribution in [1.29, 1.82) is 0 Å². The fraction of sp³-hybridized carbons (Fsp3) is 0.490. The Morgan fingerprint density at radius 2 is 1.49 bits per heavy atom. The second-order valence-corrected chi connectivity index (χ2v) is 26.1. The Bertz CT molecular complexity index is 3690. The van der Waals surface area contributed by atoms with Gasteiger partial charge in [-0.3, -0.25) is 52.4 Å². The lowest BCUT2D eigenvalue weighted by Crippen LogP contribution is -2.54. The summed E-state index contributed by atoms with van der Waals surface area (Å²) < 4.78 is 88.2. The number of rotatable bonds is 21. The van der Waals surface area contributed by atoms with E-state index in [-0.39, 0.29) is 86.1 Å². The number of hydrogen-bond donors (Lipinski definition) is 9. The second kappa shape index (κ2) is 28.9. The van der Waals surface area contributed by atoms with E-state index in [0.717, 1.165) is 45.5 Å². The van der Waals surface area contributed by atoms with Gasteiger partial charge in [0, 0.05) is 50.3 Å². The van der Waals surface area contributed by atoms with Crippen molar-refractivity contribution < 1.29 is 94.0 Å². The lowest BCUT2D eigenvalue weighted by molar-refractivity contribution is -0.137. The number of fused-ring (bicyclic) bond motifs is 4. The van der Waals surface area contributed by atoms with E-state index in [1.165, 1.54) is 30.1 Å². The van der Waals surface area contributed by atoms with Crippen LogP contribution in [0.4, 0.5) is 40.5 Å². The number of imidazole rings is 2. The molecule has 9 amide bonds. The third-order valence-electron chi connectivity index (χ3n) is 14.7. The molecule has 11 N–H and O–H groups in total. The van der Waals surface area contributed by atoms with Crippen LogP contribution in [0.25, 0.3) is 22.3 Å². The maximum Gasteiger partial charge on any atom is 0.412 e. The summed E-state index contributed by atoms with van der Waals surface area (Å²) >= 11 is 5.24. The van der Waals surface area contributed by atoms with Gasteiger partial charge in [0.2, 0.25) is 17.7 Å². The molecular formula is C51H63F2N17O18P2S. The molecule has 1 aromatic carbocycles. The molecule has 4 aliphatic heterocycles. The zero-order valence-corrected chi connectivity index (χ0v) is 51.1. The van der Waals surface area contributed by atoms with Crippen molar-refractivity contribution in [3.63, 3.8) is 0 Å². The van der Waals surface area contributed by atoms with E-state index < -0.39 is 148 Å². The van der Waals surface area contributed by atoms with E-state index in [9.17, 15) is 52.7 Å². The van der Waals surface area contributed by atoms with Gasteiger partial charge in [0.25, 0.3) is 11.8 Å². The molecule has 4 aliphatic rings. The Morgan fingerprint density at radius 3 is 2.19 bits per heavy atom. The second-order valence-electron chi connectivity index (χ2n) is 21.4. The summed E-state index contributed by atoms with van der Waals surface area (Å²) in [6.45, 7) is -3.41. The third-order valence-corrected chi connectivity index (χ3v) is 17.7. The number of nitrogens with one attached hydrogen (secondary N) is 5. The average Bonchev–Trinajstić information content (AvgIpc) is 1.63. The molecule has 0 spiro atoms. The van der Waals surface area contributed by atoms with E-state index in [2.05, 4.69) is 56.5 Å². The average molecular weight is 1330 g/mol. The number of imide groups is 1. The molecule has 40 heteroatoms. The van der Waals surface area contributed by atoms with Crippen molar-refractivity contribution in [1.82, 2.24) is 64.8 Å². The van der Waals surface area contributed by atoms with E-state index in [1.54, 1.807) is 26.0 Å². The predicted octanol–water partition coefficient (Wildman–Crippen LogP) is 1.31.